The third-order valence-corrected chi connectivity index (χ3v) is 2.02. The lowest BCUT2D eigenvalue weighted by Gasteiger charge is -2.11. The molecular formula is C10H14N2O. The molecule has 1 aromatic carbocycles. The van der Waals surface area contributed by atoms with E-state index in [1.165, 1.54) is 0 Å². The first-order chi connectivity index (χ1) is 6.29. The summed E-state index contributed by atoms with van der Waals surface area (Å²) in [6.07, 6.45) is 0. The zero-order valence-corrected chi connectivity index (χ0v) is 7.86. The molecule has 70 valence electrons. The Labute approximate surface area is 78.1 Å². The molecule has 0 fully saturated rings. The molecule has 0 amide bonds. The molecule has 0 spiro atoms. The molecule has 0 aromatic heterocycles. The predicted octanol–water partition coefficient (Wildman–Crippen LogP) is 1.47. The van der Waals surface area contributed by atoms with Gasteiger partial charge in [-0.15, -0.1) is 0 Å². The van der Waals surface area contributed by atoms with Crippen LogP contribution in [0.1, 0.15) is 12.5 Å². The first-order valence-electron chi connectivity index (χ1n) is 4.24. The van der Waals surface area contributed by atoms with Crippen molar-refractivity contribution in [3.05, 3.63) is 35.9 Å². The van der Waals surface area contributed by atoms with Crippen LogP contribution in [0.15, 0.2) is 35.5 Å². The number of rotatable bonds is 3. The van der Waals surface area contributed by atoms with Gasteiger partial charge in [0.1, 0.15) is 5.71 Å². The average Bonchev–Trinajstić information content (AvgIpc) is 2.20. The number of oxime groups is 1. The van der Waals surface area contributed by atoms with Gasteiger partial charge in [0.05, 0.1) is 6.04 Å². The Morgan fingerprint density at radius 2 is 2.00 bits per heavy atom. The summed E-state index contributed by atoms with van der Waals surface area (Å²) in [6.45, 7) is 1.95. The fraction of sp³-hybridized carbons (Fsp3) is 0.300. The molecule has 0 aliphatic carbocycles. The van der Waals surface area contributed by atoms with Crippen molar-refractivity contribution < 1.29 is 5.21 Å². The van der Waals surface area contributed by atoms with Crippen LogP contribution in [-0.4, -0.2) is 24.0 Å². The van der Waals surface area contributed by atoms with Gasteiger partial charge in [-0.25, -0.2) is 0 Å². The van der Waals surface area contributed by atoms with Crippen LogP contribution in [0, 0.1) is 0 Å². The zero-order valence-electron chi connectivity index (χ0n) is 7.86. The zero-order chi connectivity index (χ0) is 9.68. The minimum Gasteiger partial charge on any atom is -0.411 e. The number of benzene rings is 1. The molecule has 3 heteroatoms. The van der Waals surface area contributed by atoms with Crippen LogP contribution in [0.5, 0.6) is 0 Å². The molecule has 1 aromatic rings. The number of hydrogen-bond donors (Lipinski definition) is 2. The molecule has 2 N–H and O–H groups in total. The van der Waals surface area contributed by atoms with Crippen molar-refractivity contribution in [2.45, 2.75) is 13.0 Å². The summed E-state index contributed by atoms with van der Waals surface area (Å²) >= 11 is 0. The molecular weight excluding hydrogens is 164 g/mol. The van der Waals surface area contributed by atoms with Gasteiger partial charge < -0.3 is 10.5 Å². The van der Waals surface area contributed by atoms with Crippen LogP contribution in [0.3, 0.4) is 0 Å². The maximum absolute atomic E-state index is 8.83. The second-order valence-corrected chi connectivity index (χ2v) is 2.86. The van der Waals surface area contributed by atoms with Crippen molar-refractivity contribution in [3.63, 3.8) is 0 Å². The fourth-order valence-corrected chi connectivity index (χ4v) is 1.14. The van der Waals surface area contributed by atoms with Crippen molar-refractivity contribution in [2.24, 2.45) is 5.16 Å². The normalized spacial score (nSPS) is 14.2. The van der Waals surface area contributed by atoms with E-state index in [0.29, 0.717) is 5.71 Å². The highest BCUT2D eigenvalue weighted by molar-refractivity contribution is 6.03. The molecule has 0 radical (unpaired) electrons. The summed E-state index contributed by atoms with van der Waals surface area (Å²) in [4.78, 5) is 0. The summed E-state index contributed by atoms with van der Waals surface area (Å²) < 4.78 is 0. The van der Waals surface area contributed by atoms with E-state index >= 15 is 0 Å². The Morgan fingerprint density at radius 3 is 2.46 bits per heavy atom. The maximum Gasteiger partial charge on any atom is 0.103 e. The number of likely N-dealkylation sites (N-methyl/N-ethyl adjacent to an activating group) is 1. The van der Waals surface area contributed by atoms with Crippen LogP contribution in [0.25, 0.3) is 0 Å². The lowest BCUT2D eigenvalue weighted by atomic mass is 10.1. The van der Waals surface area contributed by atoms with Gasteiger partial charge in [-0.1, -0.05) is 35.5 Å². The van der Waals surface area contributed by atoms with E-state index in [2.05, 4.69) is 10.5 Å². The molecule has 1 unspecified atom stereocenters. The van der Waals surface area contributed by atoms with E-state index < -0.39 is 0 Å². The minimum atomic E-state index is 0.0485. The molecule has 0 heterocycles. The summed E-state index contributed by atoms with van der Waals surface area (Å²) in [5, 5.41) is 15.1. The quantitative estimate of drug-likeness (QED) is 0.418. The van der Waals surface area contributed by atoms with Crippen molar-refractivity contribution in [1.82, 2.24) is 5.32 Å². The number of nitrogens with one attached hydrogen (secondary N) is 1. The van der Waals surface area contributed by atoms with Crippen molar-refractivity contribution in [3.8, 4) is 0 Å². The Balaban J connectivity index is 2.93. The molecule has 13 heavy (non-hydrogen) atoms. The molecule has 1 rings (SSSR count). The Bertz CT molecular complexity index is 282. The fourth-order valence-electron chi connectivity index (χ4n) is 1.14. The van der Waals surface area contributed by atoms with E-state index in [9.17, 15) is 0 Å². The van der Waals surface area contributed by atoms with E-state index in [-0.39, 0.29) is 6.04 Å². The Hall–Kier alpha value is -1.35. The van der Waals surface area contributed by atoms with Crippen molar-refractivity contribution >= 4 is 5.71 Å². The summed E-state index contributed by atoms with van der Waals surface area (Å²) in [5.41, 5.74) is 1.59. The van der Waals surface area contributed by atoms with E-state index in [0.717, 1.165) is 5.56 Å². The molecule has 0 aliphatic heterocycles. The van der Waals surface area contributed by atoms with Gasteiger partial charge in [-0.2, -0.15) is 0 Å². The van der Waals surface area contributed by atoms with Crippen LogP contribution in [0.4, 0.5) is 0 Å². The summed E-state index contributed by atoms with van der Waals surface area (Å²) in [5.74, 6) is 0. The van der Waals surface area contributed by atoms with Gasteiger partial charge in [-0.05, 0) is 14.0 Å². The molecule has 1 atom stereocenters. The second kappa shape index (κ2) is 4.62. The van der Waals surface area contributed by atoms with Gasteiger partial charge in [0.25, 0.3) is 0 Å². The highest BCUT2D eigenvalue weighted by Gasteiger charge is 2.10. The standard InChI is InChI=1S/C10H14N2O/c1-8(11-2)10(12-13)9-6-4-3-5-7-9/h3-8,11,13H,1-2H3. The van der Waals surface area contributed by atoms with Gasteiger partial charge in [0.2, 0.25) is 0 Å². The average molecular weight is 178 g/mol. The SMILES string of the molecule is CNC(C)C(=NO)c1ccccc1. The third kappa shape index (κ3) is 2.29. The smallest absolute Gasteiger partial charge is 0.103 e. The first-order valence-corrected chi connectivity index (χ1v) is 4.24. The molecule has 0 saturated heterocycles. The maximum atomic E-state index is 8.83. The first kappa shape index (κ1) is 9.74. The third-order valence-electron chi connectivity index (χ3n) is 2.02. The van der Waals surface area contributed by atoms with Gasteiger partial charge in [-0.3, -0.25) is 0 Å². The molecule has 0 bridgehead atoms. The van der Waals surface area contributed by atoms with Gasteiger partial charge in [0.15, 0.2) is 0 Å². The monoisotopic (exact) mass is 178 g/mol. The van der Waals surface area contributed by atoms with Crippen LogP contribution >= 0.6 is 0 Å². The molecule has 3 nitrogen and oxygen atoms in total. The van der Waals surface area contributed by atoms with Crippen LogP contribution < -0.4 is 5.32 Å². The second-order valence-electron chi connectivity index (χ2n) is 2.86. The lowest BCUT2D eigenvalue weighted by Crippen LogP contribution is -2.31. The largest absolute Gasteiger partial charge is 0.411 e. The topological polar surface area (TPSA) is 44.6 Å². The van der Waals surface area contributed by atoms with Gasteiger partial charge in [0, 0.05) is 5.56 Å². The van der Waals surface area contributed by atoms with E-state index in [4.69, 9.17) is 5.21 Å². The highest BCUT2D eigenvalue weighted by atomic mass is 16.4. The molecule has 0 aliphatic rings. The van der Waals surface area contributed by atoms with Crippen molar-refractivity contribution in [2.75, 3.05) is 7.05 Å². The minimum absolute atomic E-state index is 0.0485. The van der Waals surface area contributed by atoms with Crippen molar-refractivity contribution in [1.29, 1.82) is 0 Å². The molecule has 0 saturated carbocycles. The van der Waals surface area contributed by atoms with Crippen LogP contribution in [0.2, 0.25) is 0 Å². The lowest BCUT2D eigenvalue weighted by molar-refractivity contribution is 0.316. The summed E-state index contributed by atoms with van der Waals surface area (Å²) in [6, 6.07) is 9.66. The predicted molar refractivity (Wildman–Crippen MR) is 53.3 cm³/mol. The summed E-state index contributed by atoms with van der Waals surface area (Å²) in [7, 11) is 1.83. The number of hydrogen-bond acceptors (Lipinski definition) is 3. The van der Waals surface area contributed by atoms with Crippen LogP contribution in [-0.2, 0) is 0 Å². The Morgan fingerprint density at radius 1 is 1.38 bits per heavy atom. The van der Waals surface area contributed by atoms with E-state index in [1.807, 2.05) is 44.3 Å². The number of nitrogens with zero attached hydrogens (tertiary/aromatic N) is 1. The van der Waals surface area contributed by atoms with E-state index in [1.54, 1.807) is 0 Å². The Kier molecular flexibility index (Phi) is 3.46. The highest BCUT2D eigenvalue weighted by Crippen LogP contribution is 2.04. The van der Waals surface area contributed by atoms with Gasteiger partial charge >= 0.3 is 0 Å².